The number of aryl methyl sites for hydroxylation is 1. The number of anilines is 1. The number of ether oxygens (including phenoxy) is 1. The summed E-state index contributed by atoms with van der Waals surface area (Å²) in [5.41, 5.74) is 5.95. The summed E-state index contributed by atoms with van der Waals surface area (Å²) >= 11 is 0. The van der Waals surface area contributed by atoms with Crippen molar-refractivity contribution in [2.45, 2.75) is 51.4 Å². The van der Waals surface area contributed by atoms with E-state index in [4.69, 9.17) is 14.8 Å². The lowest BCUT2D eigenvalue weighted by molar-refractivity contribution is -0.136. The highest BCUT2D eigenvalue weighted by Gasteiger charge is 2.13. The first-order chi connectivity index (χ1) is 15.2. The molecule has 2 aliphatic rings. The zero-order valence-electron chi connectivity index (χ0n) is 17.9. The van der Waals surface area contributed by atoms with Crippen LogP contribution < -0.4 is 10.1 Å². The summed E-state index contributed by atoms with van der Waals surface area (Å²) in [6, 6.07) is 12.5. The Labute approximate surface area is 183 Å². The van der Waals surface area contributed by atoms with E-state index in [-0.39, 0.29) is 6.42 Å². The lowest BCUT2D eigenvalue weighted by atomic mass is 9.90. The van der Waals surface area contributed by atoms with Gasteiger partial charge in [-0.3, -0.25) is 4.79 Å². The molecule has 2 heterocycles. The van der Waals surface area contributed by atoms with Gasteiger partial charge in [-0.25, -0.2) is 4.98 Å². The summed E-state index contributed by atoms with van der Waals surface area (Å²) in [7, 11) is 0. The van der Waals surface area contributed by atoms with Gasteiger partial charge in [0.05, 0.1) is 6.61 Å². The number of aromatic nitrogens is 1. The molecular weight excluding hydrogens is 388 g/mol. The molecule has 1 aromatic heterocycles. The molecule has 2 aromatic rings. The largest absolute Gasteiger partial charge is 0.493 e. The smallest absolute Gasteiger partial charge is 0.303 e. The van der Waals surface area contributed by atoms with Crippen LogP contribution in [0.5, 0.6) is 5.75 Å². The lowest BCUT2D eigenvalue weighted by Gasteiger charge is -2.17. The number of pyridine rings is 1. The SMILES string of the molecule is O=C(O)CCC1=CCCC=C1Cc1cccc(OCCc2ccc3c(n2)NCCC3)c1. The van der Waals surface area contributed by atoms with E-state index in [1.54, 1.807) is 0 Å². The van der Waals surface area contributed by atoms with Crippen molar-refractivity contribution >= 4 is 11.8 Å². The molecule has 1 aliphatic heterocycles. The van der Waals surface area contributed by atoms with Crippen molar-refractivity contribution in [1.29, 1.82) is 0 Å². The van der Waals surface area contributed by atoms with E-state index < -0.39 is 5.97 Å². The minimum absolute atomic E-state index is 0.179. The van der Waals surface area contributed by atoms with E-state index in [2.05, 4.69) is 41.7 Å². The maximum atomic E-state index is 11.0. The second-order valence-electron chi connectivity index (χ2n) is 8.19. The molecule has 1 aromatic carbocycles. The molecule has 0 saturated heterocycles. The van der Waals surface area contributed by atoms with Gasteiger partial charge in [0, 0.05) is 25.1 Å². The normalized spacial score (nSPS) is 15.4. The molecule has 0 radical (unpaired) electrons. The topological polar surface area (TPSA) is 71.5 Å². The molecule has 0 spiro atoms. The summed E-state index contributed by atoms with van der Waals surface area (Å²) in [5, 5.41) is 12.4. The zero-order valence-corrected chi connectivity index (χ0v) is 17.9. The summed E-state index contributed by atoms with van der Waals surface area (Å²) in [6.45, 7) is 1.58. The van der Waals surface area contributed by atoms with Crippen molar-refractivity contribution in [2.24, 2.45) is 0 Å². The van der Waals surface area contributed by atoms with Gasteiger partial charge in [-0.05, 0) is 79.0 Å². The molecule has 0 unspecified atom stereocenters. The van der Waals surface area contributed by atoms with E-state index in [1.165, 1.54) is 28.7 Å². The predicted molar refractivity (Wildman–Crippen MR) is 123 cm³/mol. The second-order valence-corrected chi connectivity index (χ2v) is 8.19. The Morgan fingerprint density at radius 2 is 1.97 bits per heavy atom. The highest BCUT2D eigenvalue weighted by atomic mass is 16.5. The Balaban J connectivity index is 1.32. The van der Waals surface area contributed by atoms with Crippen molar-refractivity contribution in [3.63, 3.8) is 0 Å². The van der Waals surface area contributed by atoms with Gasteiger partial charge in [-0.2, -0.15) is 0 Å². The van der Waals surface area contributed by atoms with Crippen LogP contribution in [0.15, 0.2) is 59.7 Å². The second kappa shape index (κ2) is 10.3. The molecule has 0 fully saturated rings. The summed E-state index contributed by atoms with van der Waals surface area (Å²) in [6.07, 6.45) is 11.1. The zero-order chi connectivity index (χ0) is 21.5. The van der Waals surface area contributed by atoms with Crippen LogP contribution in [0.3, 0.4) is 0 Å². The maximum Gasteiger partial charge on any atom is 0.303 e. The minimum Gasteiger partial charge on any atom is -0.493 e. The van der Waals surface area contributed by atoms with Crippen LogP contribution in [-0.4, -0.2) is 29.2 Å². The highest BCUT2D eigenvalue weighted by molar-refractivity contribution is 5.67. The number of fused-ring (bicyclic) bond motifs is 1. The predicted octanol–water partition coefficient (Wildman–Crippen LogP) is 5.12. The number of hydrogen-bond donors (Lipinski definition) is 2. The first kappa shape index (κ1) is 21.2. The van der Waals surface area contributed by atoms with Crippen LogP contribution in [0.1, 0.15) is 48.9 Å². The van der Waals surface area contributed by atoms with Crippen molar-refractivity contribution < 1.29 is 14.6 Å². The fourth-order valence-corrected chi connectivity index (χ4v) is 4.21. The average Bonchev–Trinajstić information content (AvgIpc) is 2.79. The molecule has 5 nitrogen and oxygen atoms in total. The third-order valence-electron chi connectivity index (χ3n) is 5.84. The fourth-order valence-electron chi connectivity index (χ4n) is 4.21. The standard InChI is InChI=1S/C26H30N2O3/c29-25(30)13-11-20-6-1-2-7-22(20)17-19-5-3-9-24(18-19)31-16-14-23-12-10-21-8-4-15-27-26(21)28-23/h3,5-7,9-10,12,18H,1-2,4,8,11,13-17H2,(H,27,28)(H,29,30). The molecule has 31 heavy (non-hydrogen) atoms. The molecular formula is C26H30N2O3. The van der Waals surface area contributed by atoms with Gasteiger partial charge >= 0.3 is 5.97 Å². The Bertz CT molecular complexity index is 994. The van der Waals surface area contributed by atoms with Gasteiger partial charge < -0.3 is 15.2 Å². The number of carboxylic acid groups (broad SMARTS) is 1. The van der Waals surface area contributed by atoms with Gasteiger partial charge in [0.1, 0.15) is 11.6 Å². The van der Waals surface area contributed by atoms with Crippen LogP contribution >= 0.6 is 0 Å². The fraction of sp³-hybridized carbons (Fsp3) is 0.385. The molecule has 0 atom stereocenters. The lowest BCUT2D eigenvalue weighted by Crippen LogP contribution is -2.14. The number of rotatable bonds is 9. The first-order valence-electron chi connectivity index (χ1n) is 11.2. The Hall–Kier alpha value is -3.08. The van der Waals surface area contributed by atoms with Gasteiger partial charge in [-0.15, -0.1) is 0 Å². The van der Waals surface area contributed by atoms with Crippen LogP contribution in [0.4, 0.5) is 5.82 Å². The molecule has 0 saturated carbocycles. The number of carbonyl (C=O) groups is 1. The van der Waals surface area contributed by atoms with Crippen molar-refractivity contribution in [3.05, 3.63) is 76.5 Å². The number of nitrogens with zero attached hydrogens (tertiary/aromatic N) is 1. The molecule has 0 bridgehead atoms. The van der Waals surface area contributed by atoms with E-state index in [1.807, 2.05) is 12.1 Å². The Morgan fingerprint density at radius 1 is 1.10 bits per heavy atom. The summed E-state index contributed by atoms with van der Waals surface area (Å²) in [4.78, 5) is 15.7. The highest BCUT2D eigenvalue weighted by Crippen LogP contribution is 2.27. The molecule has 2 N–H and O–H groups in total. The minimum atomic E-state index is -0.745. The van der Waals surface area contributed by atoms with Crippen LogP contribution in [0.2, 0.25) is 0 Å². The average molecular weight is 419 g/mol. The monoisotopic (exact) mass is 418 g/mol. The van der Waals surface area contributed by atoms with Crippen LogP contribution in [0, 0.1) is 0 Å². The Kier molecular flexibility index (Phi) is 7.03. The van der Waals surface area contributed by atoms with Crippen molar-refractivity contribution in [3.8, 4) is 5.75 Å². The van der Waals surface area contributed by atoms with Crippen LogP contribution in [-0.2, 0) is 24.1 Å². The van der Waals surface area contributed by atoms with Gasteiger partial charge in [0.15, 0.2) is 0 Å². The maximum absolute atomic E-state index is 11.0. The molecule has 4 rings (SSSR count). The number of benzene rings is 1. The van der Waals surface area contributed by atoms with E-state index in [0.29, 0.717) is 13.0 Å². The number of carboxylic acids is 1. The molecule has 0 amide bonds. The first-order valence-corrected chi connectivity index (χ1v) is 11.2. The summed E-state index contributed by atoms with van der Waals surface area (Å²) < 4.78 is 6.02. The Morgan fingerprint density at radius 3 is 2.84 bits per heavy atom. The number of allylic oxidation sites excluding steroid dienone is 4. The molecule has 5 heteroatoms. The number of hydrogen-bond acceptors (Lipinski definition) is 4. The van der Waals surface area contributed by atoms with Gasteiger partial charge in [-0.1, -0.05) is 30.4 Å². The quantitative estimate of drug-likeness (QED) is 0.592. The van der Waals surface area contributed by atoms with Gasteiger partial charge in [0.25, 0.3) is 0 Å². The molecule has 162 valence electrons. The third kappa shape index (κ3) is 5.97. The van der Waals surface area contributed by atoms with Crippen LogP contribution in [0.25, 0.3) is 0 Å². The van der Waals surface area contributed by atoms with Crippen molar-refractivity contribution in [2.75, 3.05) is 18.5 Å². The van der Waals surface area contributed by atoms with Gasteiger partial charge in [0.2, 0.25) is 0 Å². The molecule has 1 aliphatic carbocycles. The van der Waals surface area contributed by atoms with Crippen molar-refractivity contribution in [1.82, 2.24) is 4.98 Å². The van der Waals surface area contributed by atoms with E-state index in [0.717, 1.165) is 55.9 Å². The van der Waals surface area contributed by atoms with E-state index >= 15 is 0 Å². The number of nitrogens with one attached hydrogen (secondary N) is 1. The summed E-state index contributed by atoms with van der Waals surface area (Å²) in [5.74, 6) is 1.14. The van der Waals surface area contributed by atoms with E-state index in [9.17, 15) is 4.79 Å². The third-order valence-corrected chi connectivity index (χ3v) is 5.84. The number of aliphatic carboxylic acids is 1.